The lowest BCUT2D eigenvalue weighted by molar-refractivity contribution is 0.405. The van der Waals surface area contributed by atoms with E-state index >= 15 is 0 Å². The number of hydrogen-bond donors (Lipinski definition) is 2. The van der Waals surface area contributed by atoms with Crippen molar-refractivity contribution in [3.8, 4) is 11.5 Å². The Morgan fingerprint density at radius 3 is 2.23 bits per heavy atom. The first-order valence-electron chi connectivity index (χ1n) is 7.93. The van der Waals surface area contributed by atoms with Gasteiger partial charge in [-0.3, -0.25) is 0 Å². The molecule has 2 aromatic carbocycles. The molecule has 2 N–H and O–H groups in total. The minimum absolute atomic E-state index is 0.626. The first-order chi connectivity index (χ1) is 12.6. The molecule has 0 saturated carbocycles. The van der Waals surface area contributed by atoms with Gasteiger partial charge in [0.25, 0.3) is 0 Å². The van der Waals surface area contributed by atoms with Crippen LogP contribution in [0.5, 0.6) is 11.5 Å². The van der Waals surface area contributed by atoms with Crippen molar-refractivity contribution in [3.63, 3.8) is 0 Å². The van der Waals surface area contributed by atoms with Gasteiger partial charge in [0.15, 0.2) is 0 Å². The quantitative estimate of drug-likeness (QED) is 0.640. The molecule has 6 nitrogen and oxygen atoms in total. The summed E-state index contributed by atoms with van der Waals surface area (Å²) in [5, 5.41) is 7.20. The third-order valence-corrected chi connectivity index (χ3v) is 4.02. The van der Waals surface area contributed by atoms with Crippen molar-refractivity contribution in [1.29, 1.82) is 0 Å². The number of methoxy groups -OCH3 is 2. The summed E-state index contributed by atoms with van der Waals surface area (Å²) in [6, 6.07) is 13.0. The molecule has 0 atom stereocenters. The van der Waals surface area contributed by atoms with Crippen LogP contribution in [-0.4, -0.2) is 24.2 Å². The molecule has 1 aromatic heterocycles. The molecular formula is C19H19ClN4O2. The smallest absolute Gasteiger partial charge is 0.142 e. The van der Waals surface area contributed by atoms with Crippen LogP contribution in [0.2, 0.25) is 5.02 Å². The average molecular weight is 371 g/mol. The van der Waals surface area contributed by atoms with Gasteiger partial charge in [0.05, 0.1) is 19.9 Å². The summed E-state index contributed by atoms with van der Waals surface area (Å²) < 4.78 is 10.6. The van der Waals surface area contributed by atoms with Crippen molar-refractivity contribution in [2.24, 2.45) is 0 Å². The van der Waals surface area contributed by atoms with Crippen molar-refractivity contribution >= 4 is 34.6 Å². The molecular weight excluding hydrogens is 352 g/mol. The Morgan fingerprint density at radius 1 is 0.846 bits per heavy atom. The Bertz CT molecular complexity index is 918. The van der Waals surface area contributed by atoms with Crippen LogP contribution in [-0.2, 0) is 0 Å². The molecule has 0 spiro atoms. The largest absolute Gasteiger partial charge is 0.497 e. The van der Waals surface area contributed by atoms with Crippen LogP contribution in [0.1, 0.15) is 5.56 Å². The molecule has 0 aliphatic heterocycles. The molecule has 1 heterocycles. The Hall–Kier alpha value is -2.99. The SMILES string of the molecule is COc1ccc(OC)c(Nc2cc(Nc3ccc(Cl)cc3C)ncn2)c1. The minimum atomic E-state index is 0.626. The van der Waals surface area contributed by atoms with Crippen molar-refractivity contribution < 1.29 is 9.47 Å². The van der Waals surface area contributed by atoms with Crippen molar-refractivity contribution in [1.82, 2.24) is 9.97 Å². The summed E-state index contributed by atoms with van der Waals surface area (Å²) in [5.41, 5.74) is 2.71. The van der Waals surface area contributed by atoms with E-state index in [4.69, 9.17) is 21.1 Å². The maximum atomic E-state index is 6.00. The Kier molecular flexibility index (Phi) is 5.43. The molecule has 26 heavy (non-hydrogen) atoms. The van der Waals surface area contributed by atoms with Gasteiger partial charge in [-0.05, 0) is 42.8 Å². The lowest BCUT2D eigenvalue weighted by atomic mass is 10.2. The highest BCUT2D eigenvalue weighted by molar-refractivity contribution is 6.30. The number of aryl methyl sites for hydroxylation is 1. The summed E-state index contributed by atoms with van der Waals surface area (Å²) in [7, 11) is 3.23. The minimum Gasteiger partial charge on any atom is -0.497 e. The zero-order valence-corrected chi connectivity index (χ0v) is 15.5. The predicted molar refractivity (Wildman–Crippen MR) is 104 cm³/mol. The number of halogens is 1. The predicted octanol–water partition coefficient (Wildman–Crippen LogP) is 4.94. The van der Waals surface area contributed by atoms with Crippen LogP contribution in [0.3, 0.4) is 0 Å². The van der Waals surface area contributed by atoms with E-state index in [0.717, 1.165) is 22.7 Å². The Labute approximate surface area is 157 Å². The molecule has 7 heteroatoms. The van der Waals surface area contributed by atoms with Crippen molar-refractivity contribution in [2.75, 3.05) is 24.9 Å². The topological polar surface area (TPSA) is 68.3 Å². The first kappa shape index (κ1) is 17.8. The second kappa shape index (κ2) is 7.93. The molecule has 0 aliphatic carbocycles. The molecule has 0 unspecified atom stereocenters. The van der Waals surface area contributed by atoms with Gasteiger partial charge in [0.1, 0.15) is 29.5 Å². The zero-order valence-electron chi connectivity index (χ0n) is 14.7. The van der Waals surface area contributed by atoms with Gasteiger partial charge in [-0.25, -0.2) is 9.97 Å². The molecule has 0 saturated heterocycles. The van der Waals surface area contributed by atoms with E-state index in [1.807, 2.05) is 49.4 Å². The number of nitrogens with one attached hydrogen (secondary N) is 2. The van der Waals surface area contributed by atoms with E-state index in [-0.39, 0.29) is 0 Å². The van der Waals surface area contributed by atoms with E-state index in [9.17, 15) is 0 Å². The highest BCUT2D eigenvalue weighted by Gasteiger charge is 2.08. The van der Waals surface area contributed by atoms with Crippen LogP contribution < -0.4 is 20.1 Å². The van der Waals surface area contributed by atoms with Gasteiger partial charge in [-0.1, -0.05) is 11.6 Å². The van der Waals surface area contributed by atoms with Crippen molar-refractivity contribution in [3.05, 3.63) is 59.4 Å². The standard InChI is InChI=1S/C19H19ClN4O2/c1-12-8-13(20)4-6-15(12)23-18-10-19(22-11-21-18)24-16-9-14(25-2)5-7-17(16)26-3/h4-11H,1-3H3,(H2,21,22,23,24). The highest BCUT2D eigenvalue weighted by Crippen LogP contribution is 2.31. The second-order valence-electron chi connectivity index (χ2n) is 5.56. The molecule has 3 aromatic rings. The van der Waals surface area contributed by atoms with Gasteiger partial charge in [0, 0.05) is 22.8 Å². The number of benzene rings is 2. The van der Waals surface area contributed by atoms with Gasteiger partial charge in [-0.2, -0.15) is 0 Å². The fourth-order valence-corrected chi connectivity index (χ4v) is 2.68. The molecule has 0 fully saturated rings. The van der Waals surface area contributed by atoms with Crippen molar-refractivity contribution in [2.45, 2.75) is 6.92 Å². The number of ether oxygens (including phenoxy) is 2. The summed E-state index contributed by atoms with van der Waals surface area (Å²) >= 11 is 6.00. The summed E-state index contributed by atoms with van der Waals surface area (Å²) in [5.74, 6) is 2.69. The summed E-state index contributed by atoms with van der Waals surface area (Å²) in [4.78, 5) is 8.53. The average Bonchev–Trinajstić information content (AvgIpc) is 2.64. The van der Waals surface area contributed by atoms with Gasteiger partial charge >= 0.3 is 0 Å². The van der Waals surface area contributed by atoms with E-state index < -0.39 is 0 Å². The molecule has 134 valence electrons. The molecule has 0 amide bonds. The number of anilines is 4. The second-order valence-corrected chi connectivity index (χ2v) is 6.00. The van der Waals surface area contributed by atoms with E-state index in [1.165, 1.54) is 6.33 Å². The lowest BCUT2D eigenvalue weighted by Gasteiger charge is -2.13. The number of nitrogens with zero attached hydrogens (tertiary/aromatic N) is 2. The fourth-order valence-electron chi connectivity index (χ4n) is 2.45. The van der Waals surface area contributed by atoms with Crippen LogP contribution >= 0.6 is 11.6 Å². The third-order valence-electron chi connectivity index (χ3n) is 3.79. The van der Waals surface area contributed by atoms with Gasteiger partial charge in [-0.15, -0.1) is 0 Å². The van der Waals surface area contributed by atoms with E-state index in [1.54, 1.807) is 14.2 Å². The molecule has 0 radical (unpaired) electrons. The monoisotopic (exact) mass is 370 g/mol. The highest BCUT2D eigenvalue weighted by atomic mass is 35.5. The molecule has 3 rings (SSSR count). The van der Waals surface area contributed by atoms with Crippen LogP contribution in [0.15, 0.2) is 48.8 Å². The number of aromatic nitrogens is 2. The maximum absolute atomic E-state index is 6.00. The molecule has 0 bridgehead atoms. The summed E-state index contributed by atoms with van der Waals surface area (Å²) in [6.45, 7) is 1.98. The van der Waals surface area contributed by atoms with Crippen LogP contribution in [0, 0.1) is 6.92 Å². The molecule has 0 aliphatic rings. The fraction of sp³-hybridized carbons (Fsp3) is 0.158. The number of hydrogen-bond acceptors (Lipinski definition) is 6. The zero-order chi connectivity index (χ0) is 18.5. The Balaban J connectivity index is 1.84. The van der Waals surface area contributed by atoms with Gasteiger partial charge < -0.3 is 20.1 Å². The van der Waals surface area contributed by atoms with E-state index in [2.05, 4.69) is 20.6 Å². The van der Waals surface area contributed by atoms with E-state index in [0.29, 0.717) is 22.4 Å². The maximum Gasteiger partial charge on any atom is 0.142 e. The Morgan fingerprint density at radius 2 is 1.58 bits per heavy atom. The first-order valence-corrected chi connectivity index (χ1v) is 8.31. The van der Waals surface area contributed by atoms with Crippen LogP contribution in [0.25, 0.3) is 0 Å². The normalized spacial score (nSPS) is 10.3. The lowest BCUT2D eigenvalue weighted by Crippen LogP contribution is -2.01. The third kappa shape index (κ3) is 4.15. The summed E-state index contributed by atoms with van der Waals surface area (Å²) in [6.07, 6.45) is 1.49. The number of rotatable bonds is 6. The van der Waals surface area contributed by atoms with Gasteiger partial charge in [0.2, 0.25) is 0 Å². The van der Waals surface area contributed by atoms with Crippen LogP contribution in [0.4, 0.5) is 23.0 Å².